The van der Waals surface area contributed by atoms with Gasteiger partial charge in [-0.2, -0.15) is 0 Å². The van der Waals surface area contributed by atoms with Crippen molar-refractivity contribution in [3.63, 3.8) is 0 Å². The van der Waals surface area contributed by atoms with E-state index in [0.717, 1.165) is 16.9 Å². The lowest BCUT2D eigenvalue weighted by atomic mass is 10.3. The third-order valence-electron chi connectivity index (χ3n) is 3.67. The van der Waals surface area contributed by atoms with Gasteiger partial charge in [0.25, 0.3) is 0 Å². The minimum atomic E-state index is 0.930. The Morgan fingerprint density at radius 2 is 2.00 bits per heavy atom. The van der Waals surface area contributed by atoms with Crippen molar-refractivity contribution in [2.45, 2.75) is 0 Å². The molecule has 3 aromatic heterocycles. The Hall–Kier alpha value is -2.40. The average Bonchev–Trinajstić information content (AvgIpc) is 3.10. The second-order valence-electron chi connectivity index (χ2n) is 5.04. The van der Waals surface area contributed by atoms with Crippen LogP contribution in [0.1, 0.15) is 0 Å². The van der Waals surface area contributed by atoms with E-state index in [0.29, 0.717) is 0 Å². The molecule has 0 amide bonds. The van der Waals surface area contributed by atoms with E-state index in [2.05, 4.69) is 52.2 Å². The van der Waals surface area contributed by atoms with Gasteiger partial charge in [-0.25, -0.2) is 9.97 Å². The van der Waals surface area contributed by atoms with Crippen LogP contribution in [0.4, 0.5) is 10.8 Å². The summed E-state index contributed by atoms with van der Waals surface area (Å²) < 4.78 is 3.30. The molecular formula is C16H14N4S. The summed E-state index contributed by atoms with van der Waals surface area (Å²) in [6, 6.07) is 12.6. The number of hydrogen-bond donors (Lipinski definition) is 0. The van der Waals surface area contributed by atoms with Crippen LogP contribution in [0.2, 0.25) is 0 Å². The first kappa shape index (κ1) is 12.3. The maximum Gasteiger partial charge on any atom is 0.159 e. The molecule has 1 aromatic carbocycles. The zero-order chi connectivity index (χ0) is 14.4. The summed E-state index contributed by atoms with van der Waals surface area (Å²) in [5, 5.41) is 2.44. The Morgan fingerprint density at radius 3 is 2.86 bits per heavy atom. The van der Waals surface area contributed by atoms with Crippen LogP contribution in [-0.2, 0) is 7.05 Å². The van der Waals surface area contributed by atoms with Crippen LogP contribution >= 0.6 is 11.3 Å². The van der Waals surface area contributed by atoms with Gasteiger partial charge in [0.05, 0.1) is 16.8 Å². The maximum atomic E-state index is 4.56. The number of hydrogen-bond acceptors (Lipinski definition) is 4. The number of thiophene rings is 1. The van der Waals surface area contributed by atoms with Gasteiger partial charge in [0.15, 0.2) is 5.82 Å². The monoisotopic (exact) mass is 294 g/mol. The molecule has 4 nitrogen and oxygen atoms in total. The number of benzene rings is 1. The molecule has 0 spiro atoms. The van der Waals surface area contributed by atoms with Gasteiger partial charge in [-0.1, -0.05) is 18.2 Å². The van der Waals surface area contributed by atoms with Gasteiger partial charge in [0.1, 0.15) is 5.52 Å². The van der Waals surface area contributed by atoms with Crippen molar-refractivity contribution >= 4 is 43.3 Å². The standard InChI is InChI=1S/C16H14N4S/c1-19-10-18-12-7-8-17-16(15(12)19)20(2)14-9-11-5-3-4-6-13(11)21-14/h3-10H,1-2H3. The summed E-state index contributed by atoms with van der Waals surface area (Å²) in [7, 11) is 4.05. The van der Waals surface area contributed by atoms with Gasteiger partial charge in [0.2, 0.25) is 0 Å². The van der Waals surface area contributed by atoms with E-state index in [9.17, 15) is 0 Å². The molecule has 0 atom stereocenters. The highest BCUT2D eigenvalue weighted by Crippen LogP contribution is 2.36. The highest BCUT2D eigenvalue weighted by Gasteiger charge is 2.14. The number of fused-ring (bicyclic) bond motifs is 2. The number of aromatic nitrogens is 3. The fraction of sp³-hybridized carbons (Fsp3) is 0.125. The Morgan fingerprint density at radius 1 is 1.14 bits per heavy atom. The summed E-state index contributed by atoms with van der Waals surface area (Å²) in [5.41, 5.74) is 2.02. The summed E-state index contributed by atoms with van der Waals surface area (Å²) in [6.07, 6.45) is 3.64. The number of rotatable bonds is 2. The van der Waals surface area contributed by atoms with Gasteiger partial charge in [-0.05, 0) is 23.6 Å². The summed E-state index contributed by atoms with van der Waals surface area (Å²) in [6.45, 7) is 0. The minimum absolute atomic E-state index is 0.930. The Kier molecular flexibility index (Phi) is 2.68. The van der Waals surface area contributed by atoms with E-state index in [1.807, 2.05) is 30.2 Å². The van der Waals surface area contributed by atoms with E-state index in [1.54, 1.807) is 11.3 Å². The number of nitrogens with zero attached hydrogens (tertiary/aromatic N) is 4. The second-order valence-corrected chi connectivity index (χ2v) is 6.10. The molecule has 104 valence electrons. The highest BCUT2D eigenvalue weighted by molar-refractivity contribution is 7.22. The molecule has 3 heterocycles. The van der Waals surface area contributed by atoms with Crippen molar-refractivity contribution in [1.29, 1.82) is 0 Å². The van der Waals surface area contributed by atoms with Gasteiger partial charge >= 0.3 is 0 Å². The lowest BCUT2D eigenvalue weighted by Gasteiger charge is -2.17. The SMILES string of the molecule is CN(c1cc2ccccc2s1)c1nccc2ncn(C)c12. The lowest BCUT2D eigenvalue weighted by Crippen LogP contribution is -2.11. The smallest absolute Gasteiger partial charge is 0.159 e. The van der Waals surface area contributed by atoms with Crippen molar-refractivity contribution in [3.8, 4) is 0 Å². The number of pyridine rings is 1. The molecular weight excluding hydrogens is 280 g/mol. The van der Waals surface area contributed by atoms with Gasteiger partial charge in [-0.3, -0.25) is 0 Å². The van der Waals surface area contributed by atoms with Crippen LogP contribution in [0.25, 0.3) is 21.1 Å². The van der Waals surface area contributed by atoms with Crippen LogP contribution in [0.3, 0.4) is 0 Å². The quantitative estimate of drug-likeness (QED) is 0.561. The van der Waals surface area contributed by atoms with Crippen molar-refractivity contribution in [2.75, 3.05) is 11.9 Å². The molecule has 0 aliphatic rings. The predicted molar refractivity (Wildman–Crippen MR) is 88.4 cm³/mol. The van der Waals surface area contributed by atoms with Crippen LogP contribution in [0.15, 0.2) is 48.9 Å². The molecule has 0 fully saturated rings. The Balaban J connectivity index is 1.89. The van der Waals surface area contributed by atoms with Gasteiger partial charge in [-0.15, -0.1) is 11.3 Å². The molecule has 0 N–H and O–H groups in total. The molecule has 5 heteroatoms. The lowest BCUT2D eigenvalue weighted by molar-refractivity contribution is 0.941. The molecule has 4 aromatic rings. The maximum absolute atomic E-state index is 4.56. The summed E-state index contributed by atoms with van der Waals surface area (Å²) in [5.74, 6) is 0.930. The van der Waals surface area contributed by atoms with E-state index < -0.39 is 0 Å². The molecule has 0 aliphatic heterocycles. The van der Waals surface area contributed by atoms with Crippen molar-refractivity contribution < 1.29 is 0 Å². The molecule has 21 heavy (non-hydrogen) atoms. The van der Waals surface area contributed by atoms with E-state index in [-0.39, 0.29) is 0 Å². The normalized spacial score (nSPS) is 11.3. The third-order valence-corrected chi connectivity index (χ3v) is 4.86. The van der Waals surface area contributed by atoms with Crippen LogP contribution < -0.4 is 4.90 Å². The highest BCUT2D eigenvalue weighted by atomic mass is 32.1. The van der Waals surface area contributed by atoms with E-state index >= 15 is 0 Å². The molecule has 0 bridgehead atoms. The largest absolute Gasteiger partial charge is 0.331 e. The first-order valence-corrected chi connectivity index (χ1v) is 7.54. The average molecular weight is 294 g/mol. The predicted octanol–water partition coefficient (Wildman–Crippen LogP) is 3.95. The first-order chi connectivity index (χ1) is 10.2. The molecule has 0 unspecified atom stereocenters. The first-order valence-electron chi connectivity index (χ1n) is 6.72. The Labute approximate surface area is 126 Å². The van der Waals surface area contributed by atoms with Crippen LogP contribution in [0, 0.1) is 0 Å². The summed E-state index contributed by atoms with van der Waals surface area (Å²) in [4.78, 5) is 11.1. The zero-order valence-corrected chi connectivity index (χ0v) is 12.6. The second kappa shape index (κ2) is 4.56. The topological polar surface area (TPSA) is 34.0 Å². The van der Waals surface area contributed by atoms with Crippen LogP contribution in [-0.4, -0.2) is 21.6 Å². The molecule has 0 radical (unpaired) electrons. The van der Waals surface area contributed by atoms with Crippen molar-refractivity contribution in [2.24, 2.45) is 7.05 Å². The summed E-state index contributed by atoms with van der Waals surface area (Å²) >= 11 is 1.77. The molecule has 0 saturated heterocycles. The van der Waals surface area contributed by atoms with Gasteiger partial charge < -0.3 is 9.47 Å². The molecule has 0 saturated carbocycles. The van der Waals surface area contributed by atoms with Crippen molar-refractivity contribution in [3.05, 3.63) is 48.9 Å². The Bertz CT molecular complexity index is 905. The zero-order valence-electron chi connectivity index (χ0n) is 11.8. The van der Waals surface area contributed by atoms with E-state index in [4.69, 9.17) is 0 Å². The fourth-order valence-corrected chi connectivity index (χ4v) is 3.59. The van der Waals surface area contributed by atoms with Crippen LogP contribution in [0.5, 0.6) is 0 Å². The fourth-order valence-electron chi connectivity index (χ4n) is 2.57. The third kappa shape index (κ3) is 1.89. The minimum Gasteiger partial charge on any atom is -0.331 e. The van der Waals surface area contributed by atoms with Gasteiger partial charge in [0, 0.05) is 25.0 Å². The van der Waals surface area contributed by atoms with E-state index in [1.165, 1.54) is 15.1 Å². The molecule has 4 rings (SSSR count). The molecule has 0 aliphatic carbocycles. The van der Waals surface area contributed by atoms with Crippen molar-refractivity contribution in [1.82, 2.24) is 14.5 Å². The number of anilines is 2. The number of imidazole rings is 1. The number of aryl methyl sites for hydroxylation is 1.